The highest BCUT2D eigenvalue weighted by Crippen LogP contribution is 2.41. The Kier molecular flexibility index (Phi) is 4.13. The molecule has 1 aliphatic heterocycles. The van der Waals surface area contributed by atoms with Gasteiger partial charge in [-0.15, -0.1) is 0 Å². The fourth-order valence-corrected chi connectivity index (χ4v) is 2.42. The SMILES string of the molecule is CNC1(C)C(O)OC(C)(CO)C(C)C(O)C1(C)O. The number of aliphatic hydroxyl groups excluding tert-OH is 3. The average Bonchev–Trinajstić information content (AvgIpc) is 2.37. The third-order valence-electron chi connectivity index (χ3n) is 4.77. The fourth-order valence-electron chi connectivity index (χ4n) is 2.42. The Morgan fingerprint density at radius 2 is 1.72 bits per heavy atom. The Bertz CT molecular complexity index is 311. The molecule has 0 spiro atoms. The van der Waals surface area contributed by atoms with Crippen LogP contribution >= 0.6 is 0 Å². The van der Waals surface area contributed by atoms with E-state index in [1.807, 2.05) is 0 Å². The summed E-state index contributed by atoms with van der Waals surface area (Å²) in [6.45, 7) is 5.92. The van der Waals surface area contributed by atoms with Crippen LogP contribution in [0.2, 0.25) is 0 Å². The number of hydrogen-bond donors (Lipinski definition) is 5. The Balaban J connectivity index is 3.32. The van der Waals surface area contributed by atoms with E-state index >= 15 is 0 Å². The molecule has 0 aliphatic carbocycles. The summed E-state index contributed by atoms with van der Waals surface area (Å²) in [6.07, 6.45) is -2.53. The average molecular weight is 263 g/mol. The van der Waals surface area contributed by atoms with Crippen LogP contribution < -0.4 is 5.32 Å². The molecular weight excluding hydrogens is 238 g/mol. The highest BCUT2D eigenvalue weighted by molar-refractivity contribution is 5.11. The molecule has 0 saturated carbocycles. The molecule has 1 fully saturated rings. The summed E-state index contributed by atoms with van der Waals surface area (Å²) in [4.78, 5) is 0. The van der Waals surface area contributed by atoms with E-state index in [1.54, 1.807) is 27.8 Å². The first-order valence-electron chi connectivity index (χ1n) is 6.13. The molecule has 6 unspecified atom stereocenters. The zero-order chi connectivity index (χ0) is 14.4. The maximum Gasteiger partial charge on any atom is 0.176 e. The van der Waals surface area contributed by atoms with Crippen LogP contribution in [0.5, 0.6) is 0 Å². The Morgan fingerprint density at radius 3 is 2.11 bits per heavy atom. The molecule has 0 aromatic heterocycles. The van der Waals surface area contributed by atoms with Gasteiger partial charge in [0, 0.05) is 5.92 Å². The van der Waals surface area contributed by atoms with Gasteiger partial charge in [-0.05, 0) is 27.8 Å². The highest BCUT2D eigenvalue weighted by Gasteiger charge is 2.60. The number of ether oxygens (including phenoxy) is 1. The van der Waals surface area contributed by atoms with Crippen molar-refractivity contribution in [3.8, 4) is 0 Å². The normalized spacial score (nSPS) is 54.2. The summed E-state index contributed by atoms with van der Waals surface area (Å²) in [7, 11) is 1.57. The molecule has 6 nitrogen and oxygen atoms in total. The monoisotopic (exact) mass is 263 g/mol. The van der Waals surface area contributed by atoms with E-state index in [0.717, 1.165) is 0 Å². The lowest BCUT2D eigenvalue weighted by molar-refractivity contribution is -0.238. The van der Waals surface area contributed by atoms with E-state index in [4.69, 9.17) is 4.74 Å². The molecule has 1 saturated heterocycles. The lowest BCUT2D eigenvalue weighted by atomic mass is 9.72. The molecule has 1 rings (SSSR count). The van der Waals surface area contributed by atoms with Crippen molar-refractivity contribution < 1.29 is 25.2 Å². The first-order valence-corrected chi connectivity index (χ1v) is 6.13. The summed E-state index contributed by atoms with van der Waals surface area (Å²) in [5, 5.41) is 43.4. The van der Waals surface area contributed by atoms with Crippen molar-refractivity contribution in [1.82, 2.24) is 5.32 Å². The first kappa shape index (κ1) is 15.8. The van der Waals surface area contributed by atoms with Gasteiger partial charge >= 0.3 is 0 Å². The smallest absolute Gasteiger partial charge is 0.176 e. The van der Waals surface area contributed by atoms with Crippen molar-refractivity contribution in [1.29, 1.82) is 0 Å². The number of aliphatic hydroxyl groups is 4. The number of nitrogens with one attached hydrogen (secondary N) is 1. The molecule has 0 radical (unpaired) electrons. The Morgan fingerprint density at radius 1 is 1.22 bits per heavy atom. The molecule has 18 heavy (non-hydrogen) atoms. The van der Waals surface area contributed by atoms with E-state index in [2.05, 4.69) is 5.32 Å². The van der Waals surface area contributed by atoms with Gasteiger partial charge in [0.05, 0.1) is 23.9 Å². The van der Waals surface area contributed by atoms with Crippen molar-refractivity contribution in [2.24, 2.45) is 5.92 Å². The minimum Gasteiger partial charge on any atom is -0.393 e. The third kappa shape index (κ3) is 1.97. The van der Waals surface area contributed by atoms with Crippen molar-refractivity contribution in [3.05, 3.63) is 0 Å². The molecule has 0 aromatic rings. The zero-order valence-corrected chi connectivity index (χ0v) is 11.6. The second kappa shape index (κ2) is 4.70. The molecule has 0 bridgehead atoms. The van der Waals surface area contributed by atoms with Gasteiger partial charge in [-0.25, -0.2) is 0 Å². The topological polar surface area (TPSA) is 102 Å². The summed E-state index contributed by atoms with van der Waals surface area (Å²) < 4.78 is 5.50. The van der Waals surface area contributed by atoms with Crippen LogP contribution in [-0.2, 0) is 4.74 Å². The van der Waals surface area contributed by atoms with Crippen molar-refractivity contribution in [3.63, 3.8) is 0 Å². The summed E-state index contributed by atoms with van der Waals surface area (Å²) in [6, 6.07) is 0. The minimum absolute atomic E-state index is 0.363. The predicted octanol–water partition coefficient (Wildman–Crippen LogP) is -1.19. The van der Waals surface area contributed by atoms with Gasteiger partial charge in [-0.2, -0.15) is 0 Å². The van der Waals surface area contributed by atoms with Gasteiger partial charge in [0.2, 0.25) is 0 Å². The lowest BCUT2D eigenvalue weighted by Gasteiger charge is -2.45. The van der Waals surface area contributed by atoms with Gasteiger partial charge in [-0.1, -0.05) is 6.92 Å². The number of likely N-dealkylation sites (N-methyl/N-ethyl adjacent to an activating group) is 1. The highest BCUT2D eigenvalue weighted by atomic mass is 16.6. The van der Waals surface area contributed by atoms with Gasteiger partial charge in [0.1, 0.15) is 5.60 Å². The zero-order valence-electron chi connectivity index (χ0n) is 11.6. The third-order valence-corrected chi connectivity index (χ3v) is 4.77. The number of hydrogen-bond acceptors (Lipinski definition) is 6. The van der Waals surface area contributed by atoms with Gasteiger partial charge in [0.25, 0.3) is 0 Å². The van der Waals surface area contributed by atoms with E-state index in [0.29, 0.717) is 0 Å². The molecule has 6 heteroatoms. The first-order chi connectivity index (χ1) is 8.06. The summed E-state index contributed by atoms with van der Waals surface area (Å²) in [5.41, 5.74) is -4.00. The molecule has 5 N–H and O–H groups in total. The van der Waals surface area contributed by atoms with E-state index in [-0.39, 0.29) is 6.61 Å². The van der Waals surface area contributed by atoms with Gasteiger partial charge in [0.15, 0.2) is 6.29 Å². The van der Waals surface area contributed by atoms with Crippen LogP contribution in [-0.4, -0.2) is 63.2 Å². The Hall–Kier alpha value is -0.240. The van der Waals surface area contributed by atoms with Crippen LogP contribution in [0.1, 0.15) is 27.7 Å². The van der Waals surface area contributed by atoms with Crippen LogP contribution in [0.25, 0.3) is 0 Å². The summed E-state index contributed by atoms with van der Waals surface area (Å²) in [5.74, 6) is -0.553. The molecule has 1 aliphatic rings. The molecular formula is C12H25NO5. The quantitative estimate of drug-likeness (QED) is 0.429. The maximum absolute atomic E-state index is 10.6. The van der Waals surface area contributed by atoms with Crippen LogP contribution in [0.15, 0.2) is 0 Å². The molecule has 0 amide bonds. The van der Waals surface area contributed by atoms with Crippen molar-refractivity contribution in [2.75, 3.05) is 13.7 Å². The van der Waals surface area contributed by atoms with Crippen LogP contribution in [0.3, 0.4) is 0 Å². The summed E-state index contributed by atoms with van der Waals surface area (Å²) >= 11 is 0. The van der Waals surface area contributed by atoms with Crippen molar-refractivity contribution in [2.45, 2.75) is 56.8 Å². The predicted molar refractivity (Wildman–Crippen MR) is 65.8 cm³/mol. The number of rotatable bonds is 2. The maximum atomic E-state index is 10.6. The standard InChI is InChI=1S/C12H25NO5/c1-7-8(15)12(4,17)11(3,13-5)9(16)18-10(7,2)6-14/h7-9,13-17H,6H2,1-5H3. The van der Waals surface area contributed by atoms with Crippen molar-refractivity contribution >= 4 is 0 Å². The van der Waals surface area contributed by atoms with E-state index in [1.165, 1.54) is 6.92 Å². The fraction of sp³-hybridized carbons (Fsp3) is 1.00. The largest absolute Gasteiger partial charge is 0.393 e. The van der Waals surface area contributed by atoms with Crippen LogP contribution in [0, 0.1) is 5.92 Å². The molecule has 0 aromatic carbocycles. The minimum atomic E-state index is -1.62. The van der Waals surface area contributed by atoms with Crippen LogP contribution in [0.4, 0.5) is 0 Å². The second-order valence-electron chi connectivity index (χ2n) is 5.77. The second-order valence-corrected chi connectivity index (χ2v) is 5.77. The van der Waals surface area contributed by atoms with E-state index < -0.39 is 35.1 Å². The van der Waals surface area contributed by atoms with Gasteiger partial charge in [-0.3, -0.25) is 0 Å². The lowest BCUT2D eigenvalue weighted by Crippen LogP contribution is -2.69. The molecule has 108 valence electrons. The van der Waals surface area contributed by atoms with Gasteiger partial charge < -0.3 is 30.5 Å². The van der Waals surface area contributed by atoms with E-state index in [9.17, 15) is 20.4 Å². The molecule has 6 atom stereocenters. The Labute approximate surface area is 108 Å². The molecule has 1 heterocycles.